The van der Waals surface area contributed by atoms with Gasteiger partial charge in [-0.3, -0.25) is 9.59 Å². The molecule has 0 aliphatic carbocycles. The van der Waals surface area contributed by atoms with E-state index >= 15 is 0 Å². The van der Waals surface area contributed by atoms with E-state index in [-0.39, 0.29) is 18.5 Å². The molecule has 0 aromatic rings. The predicted molar refractivity (Wildman–Crippen MR) is 361 cm³/mol. The quantitative estimate of drug-likeness (QED) is 0.0320. The second-order valence-corrected chi connectivity index (χ2v) is 25.6. The van der Waals surface area contributed by atoms with E-state index in [9.17, 15) is 19.8 Å². The van der Waals surface area contributed by atoms with Gasteiger partial charge in [-0.05, 0) is 83.5 Å². The summed E-state index contributed by atoms with van der Waals surface area (Å²) in [6.45, 7) is 4.94. The summed E-state index contributed by atoms with van der Waals surface area (Å²) in [4.78, 5) is 24.6. The lowest BCUT2D eigenvalue weighted by Gasteiger charge is -2.20. The van der Waals surface area contributed by atoms with Gasteiger partial charge in [0.1, 0.15) is 0 Å². The highest BCUT2D eigenvalue weighted by Crippen LogP contribution is 2.19. The molecule has 0 heterocycles. The van der Waals surface area contributed by atoms with Crippen molar-refractivity contribution in [2.45, 2.75) is 424 Å². The van der Waals surface area contributed by atoms with E-state index in [1.807, 2.05) is 6.08 Å². The molecule has 2 atom stereocenters. The Balaban J connectivity index is 3.41. The van der Waals surface area contributed by atoms with E-state index in [0.717, 1.165) is 44.9 Å². The number of allylic oxidation sites excluding steroid dienone is 5. The monoisotopic (exact) mass is 1150 g/mol. The number of aliphatic hydroxyl groups excluding tert-OH is 2. The van der Waals surface area contributed by atoms with Crippen LogP contribution >= 0.6 is 0 Å². The lowest BCUT2D eigenvalue weighted by Crippen LogP contribution is -2.45. The zero-order valence-electron chi connectivity index (χ0n) is 55.5. The average molecular weight is 1150 g/mol. The first-order chi connectivity index (χ1) is 40.5. The summed E-state index contributed by atoms with van der Waals surface area (Å²) >= 11 is 0. The Morgan fingerprint density at radius 2 is 0.573 bits per heavy atom. The van der Waals surface area contributed by atoms with Crippen LogP contribution in [0.2, 0.25) is 0 Å². The fourth-order valence-electron chi connectivity index (χ4n) is 11.7. The summed E-state index contributed by atoms with van der Waals surface area (Å²) < 4.78 is 5.51. The maximum Gasteiger partial charge on any atom is 0.305 e. The van der Waals surface area contributed by atoms with Crippen LogP contribution in [0.3, 0.4) is 0 Å². The van der Waals surface area contributed by atoms with Crippen LogP contribution in [0.4, 0.5) is 0 Å². The van der Waals surface area contributed by atoms with Crippen molar-refractivity contribution < 1.29 is 24.5 Å². The van der Waals surface area contributed by atoms with E-state index in [0.29, 0.717) is 19.4 Å². The summed E-state index contributed by atoms with van der Waals surface area (Å²) in [6.07, 6.45) is 92.3. The van der Waals surface area contributed by atoms with Gasteiger partial charge in [0.2, 0.25) is 5.91 Å². The number of rotatable bonds is 70. The summed E-state index contributed by atoms with van der Waals surface area (Å²) in [6, 6.07) is -0.632. The van der Waals surface area contributed by atoms with Gasteiger partial charge in [-0.1, -0.05) is 352 Å². The van der Waals surface area contributed by atoms with Crippen molar-refractivity contribution in [2.75, 3.05) is 13.2 Å². The highest BCUT2D eigenvalue weighted by atomic mass is 16.5. The summed E-state index contributed by atoms with van der Waals surface area (Å²) in [5.41, 5.74) is 0. The topological polar surface area (TPSA) is 95.9 Å². The minimum Gasteiger partial charge on any atom is -0.466 e. The average Bonchev–Trinajstić information content (AvgIpc) is 3.48. The molecule has 0 saturated heterocycles. The van der Waals surface area contributed by atoms with Gasteiger partial charge >= 0.3 is 5.97 Å². The Morgan fingerprint density at radius 1 is 0.329 bits per heavy atom. The third-order valence-corrected chi connectivity index (χ3v) is 17.4. The van der Waals surface area contributed by atoms with E-state index in [1.54, 1.807) is 6.08 Å². The maximum absolute atomic E-state index is 12.5. The van der Waals surface area contributed by atoms with Crippen LogP contribution in [-0.2, 0) is 14.3 Å². The molecule has 0 saturated carbocycles. The Bertz CT molecular complexity index is 1330. The van der Waals surface area contributed by atoms with Crippen LogP contribution in [0, 0.1) is 0 Å². The van der Waals surface area contributed by atoms with E-state index in [4.69, 9.17) is 4.74 Å². The molecule has 6 nitrogen and oxygen atoms in total. The van der Waals surface area contributed by atoms with Crippen LogP contribution < -0.4 is 5.32 Å². The van der Waals surface area contributed by atoms with Crippen molar-refractivity contribution in [1.29, 1.82) is 0 Å². The third-order valence-electron chi connectivity index (χ3n) is 17.4. The Kier molecular flexibility index (Phi) is 69.9. The molecule has 6 heteroatoms. The first-order valence-electron chi connectivity index (χ1n) is 37.3. The van der Waals surface area contributed by atoms with Crippen molar-refractivity contribution in [1.82, 2.24) is 5.32 Å². The fraction of sp³-hybridized carbons (Fsp3) is 0.895. The van der Waals surface area contributed by atoms with Crippen LogP contribution in [-0.4, -0.2) is 47.4 Å². The molecule has 0 aromatic heterocycles. The van der Waals surface area contributed by atoms with Crippen LogP contribution in [0.25, 0.3) is 0 Å². The predicted octanol–water partition coefficient (Wildman–Crippen LogP) is 24.3. The zero-order chi connectivity index (χ0) is 59.2. The first-order valence-corrected chi connectivity index (χ1v) is 37.3. The minimum absolute atomic E-state index is 0.0109. The maximum atomic E-state index is 12.5. The number of unbranched alkanes of at least 4 members (excludes halogenated alkanes) is 55. The van der Waals surface area contributed by atoms with Crippen LogP contribution in [0.15, 0.2) is 36.5 Å². The standard InChI is InChI=1S/C76H145NO5/c1-3-5-7-9-11-13-15-17-19-21-23-24-30-33-36-40-44-48-52-56-60-64-68-74(79)73(72-78)77-75(80)69-65-61-57-53-49-45-41-37-34-31-28-26-25-27-29-32-35-39-43-47-51-55-59-63-67-71-82-76(81)70-66-62-58-54-50-46-42-38-22-20-18-16-14-12-10-8-6-4-2/h20,22,26,28,64,68,73-74,78-79H,3-19,21,23-25,27,29-63,65-67,69-72H2,1-2H3,(H,77,80)/b22-20-,28-26-,68-64+. The summed E-state index contributed by atoms with van der Waals surface area (Å²) in [7, 11) is 0. The molecule has 2 unspecified atom stereocenters. The SMILES string of the molecule is CCCCCCCCC/C=C\CCCCCCCCCC(=O)OCCCCCCCCCCCCCC/C=C\CCCCCCCCCCCC(=O)NC(CO)C(O)/C=C/CCCCCCCCCCCCCCCCCCCCCC. The molecule has 0 fully saturated rings. The molecule has 0 bridgehead atoms. The van der Waals surface area contributed by atoms with E-state index in [2.05, 4.69) is 43.5 Å². The van der Waals surface area contributed by atoms with E-state index in [1.165, 1.54) is 340 Å². The number of ether oxygens (including phenoxy) is 1. The molecule has 0 rings (SSSR count). The van der Waals surface area contributed by atoms with Gasteiger partial charge in [0.25, 0.3) is 0 Å². The molecule has 82 heavy (non-hydrogen) atoms. The molecule has 0 spiro atoms. The van der Waals surface area contributed by atoms with Gasteiger partial charge in [-0.15, -0.1) is 0 Å². The summed E-state index contributed by atoms with van der Waals surface area (Å²) in [5.74, 6) is -0.0563. The van der Waals surface area contributed by atoms with Crippen molar-refractivity contribution in [3.8, 4) is 0 Å². The molecule has 1 amide bonds. The molecule has 484 valence electrons. The zero-order valence-corrected chi connectivity index (χ0v) is 55.5. The Hall–Kier alpha value is -1.92. The van der Waals surface area contributed by atoms with Gasteiger partial charge in [0, 0.05) is 12.8 Å². The highest BCUT2D eigenvalue weighted by molar-refractivity contribution is 5.76. The molecule has 0 aromatic carbocycles. The number of nitrogens with one attached hydrogen (secondary N) is 1. The van der Waals surface area contributed by atoms with Gasteiger partial charge < -0.3 is 20.3 Å². The highest BCUT2D eigenvalue weighted by Gasteiger charge is 2.18. The molecule has 0 radical (unpaired) electrons. The number of aliphatic hydroxyl groups is 2. The lowest BCUT2D eigenvalue weighted by molar-refractivity contribution is -0.143. The number of carbonyl (C=O) groups excluding carboxylic acids is 2. The normalized spacial score (nSPS) is 12.7. The smallest absolute Gasteiger partial charge is 0.305 e. The van der Waals surface area contributed by atoms with Crippen molar-refractivity contribution in [2.24, 2.45) is 0 Å². The Labute approximate surface area is 513 Å². The second-order valence-electron chi connectivity index (χ2n) is 25.6. The van der Waals surface area contributed by atoms with Gasteiger partial charge in [0.05, 0.1) is 25.4 Å². The van der Waals surface area contributed by atoms with Gasteiger partial charge in [-0.2, -0.15) is 0 Å². The third kappa shape index (κ3) is 67.2. The fourth-order valence-corrected chi connectivity index (χ4v) is 11.7. The van der Waals surface area contributed by atoms with Crippen molar-refractivity contribution >= 4 is 11.9 Å². The second kappa shape index (κ2) is 71.6. The largest absolute Gasteiger partial charge is 0.466 e. The molecule has 3 N–H and O–H groups in total. The van der Waals surface area contributed by atoms with Crippen LogP contribution in [0.5, 0.6) is 0 Å². The van der Waals surface area contributed by atoms with Crippen LogP contribution in [0.1, 0.15) is 412 Å². The summed E-state index contributed by atoms with van der Waals surface area (Å²) in [5, 5.41) is 23.3. The van der Waals surface area contributed by atoms with Crippen molar-refractivity contribution in [3.05, 3.63) is 36.5 Å². The van der Waals surface area contributed by atoms with E-state index < -0.39 is 12.1 Å². The number of carbonyl (C=O) groups is 2. The lowest BCUT2D eigenvalue weighted by atomic mass is 10.0. The number of esters is 1. The van der Waals surface area contributed by atoms with Gasteiger partial charge in [0.15, 0.2) is 0 Å². The number of hydrogen-bond donors (Lipinski definition) is 3. The minimum atomic E-state index is -0.848. The number of hydrogen-bond acceptors (Lipinski definition) is 5. The van der Waals surface area contributed by atoms with Crippen molar-refractivity contribution in [3.63, 3.8) is 0 Å². The van der Waals surface area contributed by atoms with Gasteiger partial charge in [-0.25, -0.2) is 0 Å². The molecule has 0 aliphatic heterocycles. The Morgan fingerprint density at radius 3 is 0.866 bits per heavy atom. The number of amides is 1. The molecular weight excluding hydrogens is 1010 g/mol. The first kappa shape index (κ1) is 80.1. The molecule has 0 aliphatic rings. The molecular formula is C76H145NO5.